The first kappa shape index (κ1) is 18.9. The third-order valence-electron chi connectivity index (χ3n) is 2.94. The number of hydrogen-bond acceptors (Lipinski definition) is 6. The van der Waals surface area contributed by atoms with E-state index in [-0.39, 0.29) is 29.5 Å². The van der Waals surface area contributed by atoms with Gasteiger partial charge in [0.2, 0.25) is 11.8 Å². The fraction of sp³-hybridized carbons (Fsp3) is 0.250. The second-order valence-electron chi connectivity index (χ2n) is 4.96. The third-order valence-corrected chi connectivity index (χ3v) is 4.69. The number of hydrogen-bond donors (Lipinski definition) is 3. The van der Waals surface area contributed by atoms with Gasteiger partial charge in [-0.3, -0.25) is 14.4 Å². The van der Waals surface area contributed by atoms with E-state index < -0.39 is 0 Å². The van der Waals surface area contributed by atoms with E-state index in [0.717, 1.165) is 16.6 Å². The number of carbonyl (C=O) groups excluding carboxylic acids is 2. The number of nitrogens with one attached hydrogen (secondary N) is 3. The van der Waals surface area contributed by atoms with Gasteiger partial charge < -0.3 is 15.6 Å². The molecule has 0 saturated carbocycles. The summed E-state index contributed by atoms with van der Waals surface area (Å²) in [6.45, 7) is 4.35. The summed E-state index contributed by atoms with van der Waals surface area (Å²) in [5.74, 6) is -0.289. The molecule has 25 heavy (non-hydrogen) atoms. The van der Waals surface area contributed by atoms with Gasteiger partial charge >= 0.3 is 0 Å². The van der Waals surface area contributed by atoms with Gasteiger partial charge in [0.25, 0.3) is 5.56 Å². The number of thioether (sulfide) groups is 1. The highest BCUT2D eigenvalue weighted by molar-refractivity contribution is 7.99. The van der Waals surface area contributed by atoms with Gasteiger partial charge in [0, 0.05) is 17.5 Å². The molecule has 2 aromatic rings. The van der Waals surface area contributed by atoms with E-state index in [1.165, 1.54) is 6.07 Å². The predicted octanol–water partition coefficient (Wildman–Crippen LogP) is 1.08. The summed E-state index contributed by atoms with van der Waals surface area (Å²) in [6, 6.07) is 5.13. The summed E-state index contributed by atoms with van der Waals surface area (Å²) >= 11 is 2.66. The molecule has 0 aliphatic heterocycles. The van der Waals surface area contributed by atoms with Gasteiger partial charge in [0.05, 0.1) is 24.4 Å². The molecule has 0 saturated heterocycles. The van der Waals surface area contributed by atoms with E-state index in [2.05, 4.69) is 27.2 Å². The zero-order valence-corrected chi connectivity index (χ0v) is 15.0. The van der Waals surface area contributed by atoms with E-state index in [1.807, 2.05) is 17.5 Å². The fourth-order valence-electron chi connectivity index (χ4n) is 1.84. The topological polar surface area (TPSA) is 104 Å². The van der Waals surface area contributed by atoms with Crippen LogP contribution in [-0.4, -0.2) is 34.1 Å². The van der Waals surface area contributed by atoms with Crippen molar-refractivity contribution < 1.29 is 9.59 Å². The smallest absolute Gasteiger partial charge is 0.251 e. The van der Waals surface area contributed by atoms with E-state index in [1.54, 1.807) is 17.4 Å². The van der Waals surface area contributed by atoms with Crippen LogP contribution in [0.5, 0.6) is 0 Å². The van der Waals surface area contributed by atoms with Gasteiger partial charge in [-0.15, -0.1) is 17.9 Å². The Labute approximate surface area is 153 Å². The number of H-pyrrole nitrogens is 1. The Morgan fingerprint density at radius 1 is 1.36 bits per heavy atom. The summed E-state index contributed by atoms with van der Waals surface area (Å²) in [5.41, 5.74) is 0.00601. The number of nitrogens with zero attached hydrogens (tertiary/aromatic N) is 1. The van der Waals surface area contributed by atoms with Crippen LogP contribution in [0, 0.1) is 0 Å². The van der Waals surface area contributed by atoms with Crippen LogP contribution in [0.25, 0.3) is 0 Å². The van der Waals surface area contributed by atoms with Crippen molar-refractivity contribution in [2.45, 2.75) is 18.1 Å². The van der Waals surface area contributed by atoms with Gasteiger partial charge in [0.15, 0.2) is 5.16 Å². The minimum atomic E-state index is -0.356. The second kappa shape index (κ2) is 9.80. The number of aromatic nitrogens is 2. The molecule has 3 N–H and O–H groups in total. The number of aromatic amines is 1. The maximum Gasteiger partial charge on any atom is 0.251 e. The quantitative estimate of drug-likeness (QED) is 0.344. The zero-order valence-electron chi connectivity index (χ0n) is 13.4. The van der Waals surface area contributed by atoms with Crippen LogP contribution < -0.4 is 16.2 Å². The summed E-state index contributed by atoms with van der Waals surface area (Å²) in [5, 5.41) is 7.66. The minimum absolute atomic E-state index is 0.00547. The maximum atomic E-state index is 12.0. The SMILES string of the molecule is C=CCNC(=O)CSc1nc(CC(=O)NCc2cccs2)cc(=O)[nH]1. The molecule has 0 radical (unpaired) electrons. The number of thiophene rings is 1. The molecule has 9 heteroatoms. The minimum Gasteiger partial charge on any atom is -0.352 e. The third kappa shape index (κ3) is 6.94. The monoisotopic (exact) mass is 378 g/mol. The lowest BCUT2D eigenvalue weighted by atomic mass is 10.3. The van der Waals surface area contributed by atoms with Crippen molar-refractivity contribution in [2.75, 3.05) is 12.3 Å². The molecule has 0 fully saturated rings. The molecule has 0 atom stereocenters. The van der Waals surface area contributed by atoms with Crippen LogP contribution in [0.15, 0.2) is 46.2 Å². The van der Waals surface area contributed by atoms with Gasteiger partial charge in [-0.1, -0.05) is 23.9 Å². The predicted molar refractivity (Wildman–Crippen MR) is 98.7 cm³/mol. The van der Waals surface area contributed by atoms with Gasteiger partial charge in [-0.2, -0.15) is 0 Å². The van der Waals surface area contributed by atoms with Crippen LogP contribution in [0.4, 0.5) is 0 Å². The molecule has 0 unspecified atom stereocenters. The fourth-order valence-corrected chi connectivity index (χ4v) is 3.21. The van der Waals surface area contributed by atoms with Crippen molar-refractivity contribution in [3.8, 4) is 0 Å². The number of amides is 2. The van der Waals surface area contributed by atoms with E-state index in [4.69, 9.17) is 0 Å². The van der Waals surface area contributed by atoms with Crippen LogP contribution in [0.3, 0.4) is 0 Å². The molecule has 2 amide bonds. The van der Waals surface area contributed by atoms with Crippen LogP contribution >= 0.6 is 23.1 Å². The normalized spacial score (nSPS) is 10.2. The molecule has 0 bridgehead atoms. The van der Waals surface area contributed by atoms with Crippen molar-refractivity contribution in [3.63, 3.8) is 0 Å². The Morgan fingerprint density at radius 2 is 2.20 bits per heavy atom. The van der Waals surface area contributed by atoms with E-state index >= 15 is 0 Å². The highest BCUT2D eigenvalue weighted by atomic mass is 32.2. The standard InChI is InChI=1S/C16H18N4O3S2/c1-2-5-17-15(23)10-25-16-19-11(8-14(22)20-16)7-13(21)18-9-12-4-3-6-24-12/h2-4,6,8H,1,5,7,9-10H2,(H,17,23)(H,18,21)(H,19,20,22). The van der Waals surface area contributed by atoms with Gasteiger partial charge in [0.1, 0.15) is 0 Å². The van der Waals surface area contributed by atoms with Crippen molar-refractivity contribution in [1.82, 2.24) is 20.6 Å². The van der Waals surface area contributed by atoms with Crippen LogP contribution in [0.1, 0.15) is 10.6 Å². The van der Waals surface area contributed by atoms with Crippen molar-refractivity contribution in [1.29, 1.82) is 0 Å². The lowest BCUT2D eigenvalue weighted by molar-refractivity contribution is -0.120. The van der Waals surface area contributed by atoms with Crippen LogP contribution in [-0.2, 0) is 22.6 Å². The molecule has 2 aromatic heterocycles. The Morgan fingerprint density at radius 3 is 2.92 bits per heavy atom. The Hall–Kier alpha value is -2.39. The summed E-state index contributed by atoms with van der Waals surface area (Å²) in [4.78, 5) is 43.1. The lowest BCUT2D eigenvalue weighted by Gasteiger charge is -2.05. The molecule has 7 nitrogen and oxygen atoms in total. The average Bonchev–Trinajstić information content (AvgIpc) is 3.09. The summed E-state index contributed by atoms with van der Waals surface area (Å²) < 4.78 is 0. The lowest BCUT2D eigenvalue weighted by Crippen LogP contribution is -2.26. The van der Waals surface area contributed by atoms with Gasteiger partial charge in [-0.25, -0.2) is 4.98 Å². The van der Waals surface area contributed by atoms with Crippen molar-refractivity contribution in [2.24, 2.45) is 0 Å². The van der Waals surface area contributed by atoms with Gasteiger partial charge in [-0.05, 0) is 11.4 Å². The van der Waals surface area contributed by atoms with Crippen molar-refractivity contribution >= 4 is 34.9 Å². The maximum absolute atomic E-state index is 12.0. The molecule has 0 aliphatic rings. The van der Waals surface area contributed by atoms with E-state index in [9.17, 15) is 14.4 Å². The number of carbonyl (C=O) groups is 2. The second-order valence-corrected chi connectivity index (χ2v) is 6.95. The molecule has 132 valence electrons. The summed E-state index contributed by atoms with van der Waals surface area (Å²) in [6.07, 6.45) is 1.59. The van der Waals surface area contributed by atoms with Crippen molar-refractivity contribution in [3.05, 3.63) is 57.2 Å². The molecule has 2 heterocycles. The Balaban J connectivity index is 1.89. The molecular weight excluding hydrogens is 360 g/mol. The average molecular weight is 378 g/mol. The molecule has 0 aliphatic carbocycles. The van der Waals surface area contributed by atoms with Crippen LogP contribution in [0.2, 0.25) is 0 Å². The Kier molecular flexibility index (Phi) is 7.42. The highest BCUT2D eigenvalue weighted by Crippen LogP contribution is 2.11. The number of rotatable bonds is 9. The molecule has 0 spiro atoms. The first-order valence-corrected chi connectivity index (χ1v) is 9.33. The Bertz CT molecular complexity index is 787. The zero-order chi connectivity index (χ0) is 18.1. The first-order chi connectivity index (χ1) is 12.1. The van der Waals surface area contributed by atoms with E-state index in [0.29, 0.717) is 23.9 Å². The summed E-state index contributed by atoms with van der Waals surface area (Å²) in [7, 11) is 0. The largest absolute Gasteiger partial charge is 0.352 e. The highest BCUT2D eigenvalue weighted by Gasteiger charge is 2.09. The molecular formula is C16H18N4O3S2. The molecule has 2 rings (SSSR count). The first-order valence-electron chi connectivity index (χ1n) is 7.46. The molecule has 0 aromatic carbocycles.